The molecule has 4 nitrogen and oxygen atoms in total. The minimum Gasteiger partial charge on any atom is -0.444 e. The normalized spacial score (nSPS) is 22.8. The summed E-state index contributed by atoms with van der Waals surface area (Å²) in [4.78, 5) is 19.3. The molecular formula is C32H48N2O2. The molecule has 0 bridgehead atoms. The molecule has 1 heterocycles. The fourth-order valence-corrected chi connectivity index (χ4v) is 5.08. The summed E-state index contributed by atoms with van der Waals surface area (Å²) < 4.78 is 5.66. The Bertz CT molecular complexity index is 982. The lowest BCUT2D eigenvalue weighted by atomic mass is 9.81. The minimum atomic E-state index is -0.494. The van der Waals surface area contributed by atoms with E-state index in [1.165, 1.54) is 47.1 Å². The Labute approximate surface area is 220 Å². The first-order chi connectivity index (χ1) is 17.0. The molecule has 0 saturated heterocycles. The number of hydrogen-bond donors (Lipinski definition) is 0. The smallest absolute Gasteiger partial charge is 0.410 e. The molecule has 1 aliphatic heterocycles. The molecule has 1 aliphatic carbocycles. The van der Waals surface area contributed by atoms with Crippen molar-refractivity contribution < 1.29 is 9.53 Å². The molecule has 0 unspecified atom stereocenters. The van der Waals surface area contributed by atoms with E-state index in [4.69, 9.17) is 4.74 Å². The van der Waals surface area contributed by atoms with Crippen molar-refractivity contribution >= 4 is 11.8 Å². The molecule has 0 aromatic rings. The highest BCUT2D eigenvalue weighted by atomic mass is 16.6. The maximum atomic E-state index is 12.8. The van der Waals surface area contributed by atoms with E-state index in [1.54, 1.807) is 0 Å². The first kappa shape index (κ1) is 29.6. The lowest BCUT2D eigenvalue weighted by molar-refractivity contribution is 0.0230. The van der Waals surface area contributed by atoms with E-state index >= 15 is 0 Å². The lowest BCUT2D eigenvalue weighted by Crippen LogP contribution is -2.40. The van der Waals surface area contributed by atoms with Crippen LogP contribution in [0, 0.1) is 5.92 Å². The minimum absolute atomic E-state index is 0.186. The van der Waals surface area contributed by atoms with Crippen molar-refractivity contribution in [1.29, 1.82) is 0 Å². The number of rotatable bonds is 6. The van der Waals surface area contributed by atoms with Crippen LogP contribution in [-0.4, -0.2) is 42.4 Å². The van der Waals surface area contributed by atoms with Gasteiger partial charge in [0.1, 0.15) is 5.60 Å². The fraction of sp³-hybridized carbons (Fsp3) is 0.562. The number of ether oxygens (including phenoxy) is 1. The molecule has 2 aliphatic rings. The maximum absolute atomic E-state index is 12.8. The fourth-order valence-electron chi connectivity index (χ4n) is 5.08. The van der Waals surface area contributed by atoms with Crippen LogP contribution in [0.5, 0.6) is 0 Å². The van der Waals surface area contributed by atoms with Gasteiger partial charge in [0.05, 0.1) is 0 Å². The number of allylic oxidation sites excluding steroid dienone is 9. The first-order valence-corrected chi connectivity index (χ1v) is 13.5. The van der Waals surface area contributed by atoms with Crippen LogP contribution in [0.15, 0.2) is 75.9 Å². The molecule has 36 heavy (non-hydrogen) atoms. The van der Waals surface area contributed by atoms with Crippen LogP contribution in [-0.2, 0) is 4.74 Å². The van der Waals surface area contributed by atoms with Gasteiger partial charge in [0.25, 0.3) is 0 Å². The van der Waals surface area contributed by atoms with Crippen molar-refractivity contribution in [3.8, 4) is 0 Å². The predicted octanol–water partition coefficient (Wildman–Crippen LogP) is 8.55. The van der Waals surface area contributed by atoms with E-state index in [1.807, 2.05) is 38.8 Å². The Morgan fingerprint density at radius 2 is 1.83 bits per heavy atom. The highest BCUT2D eigenvalue weighted by Crippen LogP contribution is 2.37. The summed E-state index contributed by atoms with van der Waals surface area (Å²) in [6, 6.07) is 0. The van der Waals surface area contributed by atoms with Crippen molar-refractivity contribution in [1.82, 2.24) is 4.90 Å². The van der Waals surface area contributed by atoms with Crippen LogP contribution in [0.2, 0.25) is 0 Å². The van der Waals surface area contributed by atoms with E-state index in [9.17, 15) is 4.79 Å². The maximum Gasteiger partial charge on any atom is 0.410 e. The molecule has 198 valence electrons. The zero-order chi connectivity index (χ0) is 26.9. The van der Waals surface area contributed by atoms with Gasteiger partial charge in [-0.3, -0.25) is 4.99 Å². The molecule has 0 N–H and O–H groups in total. The van der Waals surface area contributed by atoms with Gasteiger partial charge >= 0.3 is 6.09 Å². The van der Waals surface area contributed by atoms with Gasteiger partial charge in [0.2, 0.25) is 0 Å². The highest BCUT2D eigenvalue weighted by molar-refractivity contribution is 6.05. The molecule has 1 amide bonds. The highest BCUT2D eigenvalue weighted by Gasteiger charge is 2.26. The van der Waals surface area contributed by atoms with Crippen molar-refractivity contribution in [3.63, 3.8) is 0 Å². The zero-order valence-corrected chi connectivity index (χ0v) is 23.9. The van der Waals surface area contributed by atoms with Crippen LogP contribution in [0.25, 0.3) is 0 Å². The average molecular weight is 493 g/mol. The Hall–Kier alpha value is -2.62. The van der Waals surface area contributed by atoms with Crippen LogP contribution < -0.4 is 0 Å². The van der Waals surface area contributed by atoms with Gasteiger partial charge in [-0.05, 0) is 101 Å². The molecule has 0 aromatic heterocycles. The van der Waals surface area contributed by atoms with E-state index in [-0.39, 0.29) is 12.0 Å². The third-order valence-corrected chi connectivity index (χ3v) is 6.66. The van der Waals surface area contributed by atoms with Gasteiger partial charge in [0, 0.05) is 31.4 Å². The molecular weight excluding hydrogens is 444 g/mol. The van der Waals surface area contributed by atoms with Gasteiger partial charge < -0.3 is 9.64 Å². The quantitative estimate of drug-likeness (QED) is 0.275. The monoisotopic (exact) mass is 492 g/mol. The number of aliphatic imine (C=N–C) groups is 1. The van der Waals surface area contributed by atoms with Gasteiger partial charge in [-0.15, -0.1) is 0 Å². The molecule has 0 saturated carbocycles. The molecule has 0 aromatic carbocycles. The van der Waals surface area contributed by atoms with Crippen molar-refractivity contribution in [3.05, 3.63) is 70.9 Å². The van der Waals surface area contributed by atoms with Crippen LogP contribution in [0.4, 0.5) is 4.79 Å². The summed E-state index contributed by atoms with van der Waals surface area (Å²) in [5.74, 6) is 0.186. The molecule has 0 spiro atoms. The third kappa shape index (κ3) is 8.50. The topological polar surface area (TPSA) is 41.9 Å². The van der Waals surface area contributed by atoms with Crippen molar-refractivity contribution in [2.75, 3.05) is 20.1 Å². The number of nitrogens with zero attached hydrogens (tertiary/aromatic N) is 2. The summed E-state index contributed by atoms with van der Waals surface area (Å²) in [5.41, 5.74) is 7.82. The Morgan fingerprint density at radius 1 is 1.14 bits per heavy atom. The molecule has 4 heteroatoms. The van der Waals surface area contributed by atoms with Crippen LogP contribution in [0.1, 0.15) is 86.5 Å². The molecule has 1 atom stereocenters. The molecule has 0 fully saturated rings. The first-order valence-electron chi connectivity index (χ1n) is 13.5. The third-order valence-electron chi connectivity index (χ3n) is 6.66. The number of amides is 1. The Morgan fingerprint density at radius 3 is 2.44 bits per heavy atom. The van der Waals surface area contributed by atoms with E-state index < -0.39 is 5.60 Å². The number of hydrogen-bond acceptors (Lipinski definition) is 3. The Balaban J connectivity index is 2.59. The summed E-state index contributed by atoms with van der Waals surface area (Å²) in [5, 5.41) is 0. The second kappa shape index (κ2) is 13.6. The lowest BCUT2D eigenvalue weighted by Gasteiger charge is -2.31. The Kier molecular flexibility index (Phi) is 11.2. The largest absolute Gasteiger partial charge is 0.444 e. The summed E-state index contributed by atoms with van der Waals surface area (Å²) >= 11 is 0. The van der Waals surface area contributed by atoms with Crippen LogP contribution >= 0.6 is 0 Å². The van der Waals surface area contributed by atoms with Gasteiger partial charge in [-0.2, -0.15) is 0 Å². The summed E-state index contributed by atoms with van der Waals surface area (Å²) in [6.45, 7) is 21.9. The SMILES string of the molecule is C=C\C=C(C1=CCCCCC1)/C(C(C)=NC)=C(C(=C)C)\C1=C/[C@@H](C)CN(C(=O)OC(C)(C)C)CCC1. The average Bonchev–Trinajstić information content (AvgIpc) is 3.06. The molecule has 2 rings (SSSR count). The summed E-state index contributed by atoms with van der Waals surface area (Å²) in [7, 11) is 1.87. The van der Waals surface area contributed by atoms with Gasteiger partial charge in [-0.1, -0.05) is 56.4 Å². The summed E-state index contributed by atoms with van der Waals surface area (Å²) in [6.07, 6.45) is 16.2. The van der Waals surface area contributed by atoms with E-state index in [2.05, 4.69) is 57.1 Å². The number of carbonyl (C=O) groups excluding carboxylic acids is 1. The standard InChI is InChI=1S/C32H48N2O2/c1-10-16-28(26-17-13-11-12-14-18-26)30(25(5)33-9)29(23(2)3)27-19-15-20-34(22-24(4)21-27)31(35)36-32(6,7)8/h10,16-17,21,24H,1-2,11-15,18-20,22H2,3-9H3/b27-21-,28-16-,30-29-,33-25?/t24-/m1/s1. The van der Waals surface area contributed by atoms with Gasteiger partial charge in [-0.25, -0.2) is 4.79 Å². The second-order valence-corrected chi connectivity index (χ2v) is 11.2. The zero-order valence-electron chi connectivity index (χ0n) is 23.9. The van der Waals surface area contributed by atoms with Gasteiger partial charge in [0.15, 0.2) is 0 Å². The number of carbonyl (C=O) groups is 1. The van der Waals surface area contributed by atoms with E-state index in [0.29, 0.717) is 13.1 Å². The van der Waals surface area contributed by atoms with Crippen LogP contribution in [0.3, 0.4) is 0 Å². The second-order valence-electron chi connectivity index (χ2n) is 11.2. The predicted molar refractivity (Wildman–Crippen MR) is 155 cm³/mol. The molecule has 0 radical (unpaired) electrons. The van der Waals surface area contributed by atoms with Crippen molar-refractivity contribution in [2.24, 2.45) is 10.9 Å². The van der Waals surface area contributed by atoms with E-state index in [0.717, 1.165) is 37.0 Å². The van der Waals surface area contributed by atoms with Crippen molar-refractivity contribution in [2.45, 2.75) is 92.1 Å².